The van der Waals surface area contributed by atoms with Crippen LogP contribution in [0, 0.1) is 0 Å². The van der Waals surface area contributed by atoms with E-state index in [9.17, 15) is 0 Å². The van der Waals surface area contributed by atoms with E-state index in [1.165, 1.54) is 36.3 Å². The van der Waals surface area contributed by atoms with Crippen LogP contribution in [-0.4, -0.2) is 29.7 Å². The van der Waals surface area contributed by atoms with E-state index in [1.54, 1.807) is 0 Å². The van der Waals surface area contributed by atoms with Crippen LogP contribution in [0.4, 0.5) is 5.69 Å². The molecule has 21 heavy (non-hydrogen) atoms. The van der Waals surface area contributed by atoms with Crippen molar-refractivity contribution in [2.45, 2.75) is 38.3 Å². The first kappa shape index (κ1) is 14.1. The Morgan fingerprint density at radius 1 is 1.19 bits per heavy atom. The van der Waals surface area contributed by atoms with Crippen molar-refractivity contribution in [1.29, 1.82) is 0 Å². The van der Waals surface area contributed by atoms with Crippen molar-refractivity contribution in [1.82, 2.24) is 14.9 Å². The SMILES string of the molecule is CC1CCCC(c2cncn2-c2ccc(N(C)C)cc2)N1. The number of nitrogens with zero attached hydrogens (tertiary/aromatic N) is 3. The maximum absolute atomic E-state index is 4.37. The minimum Gasteiger partial charge on any atom is -0.378 e. The molecule has 1 aromatic carbocycles. The number of hydrogen-bond acceptors (Lipinski definition) is 3. The summed E-state index contributed by atoms with van der Waals surface area (Å²) in [6, 6.07) is 9.61. The Kier molecular flexibility index (Phi) is 3.97. The summed E-state index contributed by atoms with van der Waals surface area (Å²) in [5, 5.41) is 3.69. The molecule has 1 aliphatic rings. The van der Waals surface area contributed by atoms with E-state index in [1.807, 2.05) is 12.5 Å². The molecule has 1 aliphatic heterocycles. The van der Waals surface area contributed by atoms with E-state index in [0.717, 1.165) is 0 Å². The number of aromatic nitrogens is 2. The molecule has 1 saturated heterocycles. The Labute approximate surface area is 126 Å². The van der Waals surface area contributed by atoms with Gasteiger partial charge in [0.1, 0.15) is 0 Å². The molecular weight excluding hydrogens is 260 g/mol. The molecular formula is C17H24N4. The van der Waals surface area contributed by atoms with Crippen molar-refractivity contribution in [3.63, 3.8) is 0 Å². The highest BCUT2D eigenvalue weighted by atomic mass is 15.1. The van der Waals surface area contributed by atoms with Crippen molar-refractivity contribution < 1.29 is 0 Å². The topological polar surface area (TPSA) is 33.1 Å². The average molecular weight is 284 g/mol. The van der Waals surface area contributed by atoms with E-state index in [0.29, 0.717) is 12.1 Å². The number of benzene rings is 1. The summed E-state index contributed by atoms with van der Waals surface area (Å²) >= 11 is 0. The van der Waals surface area contributed by atoms with Gasteiger partial charge in [-0.05, 0) is 50.5 Å². The fourth-order valence-corrected chi connectivity index (χ4v) is 3.06. The Morgan fingerprint density at radius 3 is 2.62 bits per heavy atom. The number of rotatable bonds is 3. The predicted molar refractivity (Wildman–Crippen MR) is 87.1 cm³/mol. The van der Waals surface area contributed by atoms with Gasteiger partial charge >= 0.3 is 0 Å². The zero-order valence-corrected chi connectivity index (χ0v) is 13.1. The second kappa shape index (κ2) is 5.90. The second-order valence-corrected chi connectivity index (χ2v) is 6.15. The van der Waals surface area contributed by atoms with Gasteiger partial charge in [-0.25, -0.2) is 4.98 Å². The van der Waals surface area contributed by atoms with Gasteiger partial charge in [-0.1, -0.05) is 0 Å². The Hall–Kier alpha value is -1.81. The molecule has 0 saturated carbocycles. The van der Waals surface area contributed by atoms with Crippen LogP contribution >= 0.6 is 0 Å². The first-order valence-electron chi connectivity index (χ1n) is 7.71. The predicted octanol–water partition coefficient (Wildman–Crippen LogP) is 3.14. The smallest absolute Gasteiger partial charge is 0.0994 e. The number of hydrogen-bond donors (Lipinski definition) is 1. The van der Waals surface area contributed by atoms with Crippen molar-refractivity contribution >= 4 is 5.69 Å². The highest BCUT2D eigenvalue weighted by Gasteiger charge is 2.22. The number of anilines is 1. The Morgan fingerprint density at radius 2 is 1.95 bits per heavy atom. The largest absolute Gasteiger partial charge is 0.378 e. The molecule has 3 rings (SSSR count). The third-order valence-corrected chi connectivity index (χ3v) is 4.28. The maximum Gasteiger partial charge on any atom is 0.0994 e. The van der Waals surface area contributed by atoms with Crippen molar-refractivity contribution in [2.75, 3.05) is 19.0 Å². The molecule has 1 fully saturated rings. The molecule has 2 unspecified atom stereocenters. The van der Waals surface area contributed by atoms with Gasteiger partial charge in [0.15, 0.2) is 0 Å². The maximum atomic E-state index is 4.37. The minimum atomic E-state index is 0.407. The summed E-state index contributed by atoms with van der Waals surface area (Å²) in [7, 11) is 4.12. The summed E-state index contributed by atoms with van der Waals surface area (Å²) < 4.78 is 2.20. The van der Waals surface area contributed by atoms with Gasteiger partial charge in [-0.15, -0.1) is 0 Å². The zero-order chi connectivity index (χ0) is 14.8. The summed E-state index contributed by atoms with van der Waals surface area (Å²) in [4.78, 5) is 6.48. The molecule has 0 bridgehead atoms. The molecule has 0 spiro atoms. The van der Waals surface area contributed by atoms with Crippen molar-refractivity contribution in [2.24, 2.45) is 0 Å². The van der Waals surface area contributed by atoms with Gasteiger partial charge in [0, 0.05) is 37.6 Å². The third-order valence-electron chi connectivity index (χ3n) is 4.28. The summed E-state index contributed by atoms with van der Waals surface area (Å²) in [6.07, 6.45) is 7.65. The molecule has 2 heterocycles. The lowest BCUT2D eigenvalue weighted by Gasteiger charge is -2.29. The summed E-state index contributed by atoms with van der Waals surface area (Å²) in [5.74, 6) is 0. The quantitative estimate of drug-likeness (QED) is 0.940. The van der Waals surface area contributed by atoms with Crippen LogP contribution in [0.15, 0.2) is 36.8 Å². The van der Waals surface area contributed by atoms with Crippen LogP contribution in [0.3, 0.4) is 0 Å². The van der Waals surface area contributed by atoms with Gasteiger partial charge in [0.25, 0.3) is 0 Å². The van der Waals surface area contributed by atoms with Crippen LogP contribution < -0.4 is 10.2 Å². The fraction of sp³-hybridized carbons (Fsp3) is 0.471. The van der Waals surface area contributed by atoms with Gasteiger partial charge < -0.3 is 14.8 Å². The second-order valence-electron chi connectivity index (χ2n) is 6.15. The molecule has 2 atom stereocenters. The van der Waals surface area contributed by atoms with Crippen LogP contribution in [0.5, 0.6) is 0 Å². The molecule has 0 amide bonds. The molecule has 4 heteroatoms. The first-order chi connectivity index (χ1) is 10.1. The third kappa shape index (κ3) is 2.95. The summed E-state index contributed by atoms with van der Waals surface area (Å²) in [6.45, 7) is 2.26. The van der Waals surface area contributed by atoms with Crippen molar-refractivity contribution in [3.8, 4) is 5.69 Å². The van der Waals surface area contributed by atoms with E-state index in [4.69, 9.17) is 0 Å². The molecule has 1 N–H and O–H groups in total. The first-order valence-corrected chi connectivity index (χ1v) is 7.71. The highest BCUT2D eigenvalue weighted by Crippen LogP contribution is 2.27. The zero-order valence-electron chi connectivity index (χ0n) is 13.1. The Balaban J connectivity index is 1.87. The van der Waals surface area contributed by atoms with Crippen molar-refractivity contribution in [3.05, 3.63) is 42.5 Å². The Bertz CT molecular complexity index is 585. The van der Waals surface area contributed by atoms with Gasteiger partial charge in [0.2, 0.25) is 0 Å². The van der Waals surface area contributed by atoms with E-state index >= 15 is 0 Å². The highest BCUT2D eigenvalue weighted by molar-refractivity contribution is 5.50. The number of nitrogens with one attached hydrogen (secondary N) is 1. The summed E-state index contributed by atoms with van der Waals surface area (Å²) in [5.41, 5.74) is 3.65. The lowest BCUT2D eigenvalue weighted by Crippen LogP contribution is -2.35. The van der Waals surface area contributed by atoms with Gasteiger partial charge in [0.05, 0.1) is 18.2 Å². The van der Waals surface area contributed by atoms with E-state index in [2.05, 4.69) is 65.1 Å². The molecule has 112 valence electrons. The molecule has 1 aromatic heterocycles. The number of piperidine rings is 1. The monoisotopic (exact) mass is 284 g/mol. The van der Waals surface area contributed by atoms with Crippen LogP contribution in [0.2, 0.25) is 0 Å². The lowest BCUT2D eigenvalue weighted by atomic mass is 9.97. The molecule has 2 aromatic rings. The average Bonchev–Trinajstić information content (AvgIpc) is 2.97. The number of imidazole rings is 1. The van der Waals surface area contributed by atoms with Crippen LogP contribution in [0.1, 0.15) is 37.9 Å². The van der Waals surface area contributed by atoms with E-state index in [-0.39, 0.29) is 0 Å². The molecule has 4 nitrogen and oxygen atoms in total. The molecule has 0 aliphatic carbocycles. The normalized spacial score (nSPS) is 22.2. The fourth-order valence-electron chi connectivity index (χ4n) is 3.06. The van der Waals surface area contributed by atoms with Gasteiger partial charge in [-0.2, -0.15) is 0 Å². The lowest BCUT2D eigenvalue weighted by molar-refractivity contribution is 0.334. The standard InChI is InChI=1S/C17H24N4/c1-13-5-4-6-16(19-13)17-11-18-12-21(17)15-9-7-14(8-10-15)20(2)3/h7-13,16,19H,4-6H2,1-3H3. The van der Waals surface area contributed by atoms with E-state index < -0.39 is 0 Å². The molecule has 0 radical (unpaired) electrons. The minimum absolute atomic E-state index is 0.407. The van der Waals surface area contributed by atoms with Gasteiger partial charge in [-0.3, -0.25) is 0 Å². The van der Waals surface area contributed by atoms with Crippen LogP contribution in [-0.2, 0) is 0 Å². The van der Waals surface area contributed by atoms with Crippen LogP contribution in [0.25, 0.3) is 5.69 Å².